The lowest BCUT2D eigenvalue weighted by Gasteiger charge is -2.23. The number of benzene rings is 1. The van der Waals surface area contributed by atoms with Gasteiger partial charge in [-0.05, 0) is 66.8 Å². The number of hydrogen-bond donors (Lipinski definition) is 0. The third-order valence-corrected chi connectivity index (χ3v) is 4.38. The van der Waals surface area contributed by atoms with Gasteiger partial charge in [-0.1, -0.05) is 32.9 Å². The highest BCUT2D eigenvalue weighted by Crippen LogP contribution is 2.35. The van der Waals surface area contributed by atoms with Crippen molar-refractivity contribution in [2.24, 2.45) is 0 Å². The van der Waals surface area contributed by atoms with Gasteiger partial charge in [-0.15, -0.1) is 0 Å². The number of aryl methyl sites for hydroxylation is 1. The minimum absolute atomic E-state index is 0.0653. The Morgan fingerprint density at radius 3 is 2.04 bits per heavy atom. The van der Waals surface area contributed by atoms with Gasteiger partial charge in [-0.2, -0.15) is 0 Å². The van der Waals surface area contributed by atoms with Crippen molar-refractivity contribution in [2.45, 2.75) is 40.0 Å². The summed E-state index contributed by atoms with van der Waals surface area (Å²) in [6.45, 7) is 10.9. The van der Waals surface area contributed by atoms with Gasteiger partial charge in [-0.25, -0.2) is 0 Å². The molecule has 1 aromatic carbocycles. The summed E-state index contributed by atoms with van der Waals surface area (Å²) in [5.41, 5.74) is 8.02. The zero-order valence-corrected chi connectivity index (χ0v) is 15.1. The monoisotopic (exact) mass is 316 g/mol. The average molecular weight is 316 g/mol. The van der Waals surface area contributed by atoms with E-state index in [4.69, 9.17) is 4.98 Å². The summed E-state index contributed by atoms with van der Waals surface area (Å²) in [5.74, 6) is 0. The molecule has 0 saturated heterocycles. The average Bonchev–Trinajstić information content (AvgIpc) is 2.55. The van der Waals surface area contributed by atoms with Crippen LogP contribution in [0, 0.1) is 13.8 Å². The van der Waals surface area contributed by atoms with E-state index in [-0.39, 0.29) is 5.41 Å². The third kappa shape index (κ3) is 3.23. The predicted molar refractivity (Wildman–Crippen MR) is 101 cm³/mol. The van der Waals surface area contributed by atoms with Crippen molar-refractivity contribution in [3.8, 4) is 22.5 Å². The first-order chi connectivity index (χ1) is 11.4. The second-order valence-corrected chi connectivity index (χ2v) is 7.33. The first-order valence-corrected chi connectivity index (χ1v) is 8.37. The van der Waals surface area contributed by atoms with E-state index in [1.54, 1.807) is 0 Å². The summed E-state index contributed by atoms with van der Waals surface area (Å²) >= 11 is 0. The topological polar surface area (TPSA) is 25.8 Å². The molecule has 0 N–H and O–H groups in total. The number of pyridine rings is 2. The molecular weight excluding hydrogens is 292 g/mol. The standard InChI is InChI=1S/C22H24N2/c1-15-9-8-11-21(24-15)19-14-17(22(3,4)5)13-18(16(19)2)20-10-6-7-12-23-20/h6-14H,1-5H3. The van der Waals surface area contributed by atoms with Crippen LogP contribution in [0.25, 0.3) is 22.5 Å². The molecule has 2 nitrogen and oxygen atoms in total. The molecule has 0 aliphatic carbocycles. The Hall–Kier alpha value is -2.48. The van der Waals surface area contributed by atoms with Gasteiger partial charge in [0.15, 0.2) is 0 Å². The summed E-state index contributed by atoms with van der Waals surface area (Å²) in [4.78, 5) is 9.31. The molecule has 0 spiro atoms. The van der Waals surface area contributed by atoms with Gasteiger partial charge in [-0.3, -0.25) is 9.97 Å². The van der Waals surface area contributed by atoms with Gasteiger partial charge in [0.25, 0.3) is 0 Å². The molecule has 0 saturated carbocycles. The molecule has 2 heterocycles. The molecule has 24 heavy (non-hydrogen) atoms. The highest BCUT2D eigenvalue weighted by atomic mass is 14.7. The van der Waals surface area contributed by atoms with E-state index >= 15 is 0 Å². The van der Waals surface area contributed by atoms with Crippen molar-refractivity contribution in [1.82, 2.24) is 9.97 Å². The Labute approximate surface area is 144 Å². The van der Waals surface area contributed by atoms with E-state index in [0.29, 0.717) is 0 Å². The van der Waals surface area contributed by atoms with E-state index in [0.717, 1.165) is 17.1 Å². The van der Waals surface area contributed by atoms with Crippen molar-refractivity contribution < 1.29 is 0 Å². The Morgan fingerprint density at radius 1 is 0.792 bits per heavy atom. The maximum atomic E-state index is 4.74. The van der Waals surface area contributed by atoms with E-state index < -0.39 is 0 Å². The molecule has 122 valence electrons. The second-order valence-electron chi connectivity index (χ2n) is 7.33. The van der Waals surface area contributed by atoms with Crippen LogP contribution in [0.5, 0.6) is 0 Å². The molecule has 2 heteroatoms. The normalized spacial score (nSPS) is 11.5. The molecule has 0 aliphatic heterocycles. The third-order valence-electron chi connectivity index (χ3n) is 4.38. The second kappa shape index (κ2) is 6.20. The molecule has 2 aromatic heterocycles. The molecule has 0 radical (unpaired) electrons. The highest BCUT2D eigenvalue weighted by Gasteiger charge is 2.19. The molecule has 0 aliphatic rings. The largest absolute Gasteiger partial charge is 0.256 e. The number of hydrogen-bond acceptors (Lipinski definition) is 2. The molecular formula is C22H24N2. The van der Waals surface area contributed by atoms with Crippen molar-refractivity contribution in [2.75, 3.05) is 0 Å². The van der Waals surface area contributed by atoms with Crippen LogP contribution in [0.2, 0.25) is 0 Å². The molecule has 0 unspecified atom stereocenters. The van der Waals surface area contributed by atoms with E-state index in [2.05, 4.69) is 63.0 Å². The summed E-state index contributed by atoms with van der Waals surface area (Å²) in [7, 11) is 0. The summed E-state index contributed by atoms with van der Waals surface area (Å²) < 4.78 is 0. The van der Waals surface area contributed by atoms with Crippen LogP contribution < -0.4 is 0 Å². The molecule has 3 rings (SSSR count). The van der Waals surface area contributed by atoms with Crippen molar-refractivity contribution >= 4 is 0 Å². The zero-order valence-electron chi connectivity index (χ0n) is 15.1. The summed E-state index contributed by atoms with van der Waals surface area (Å²) in [5, 5.41) is 0. The van der Waals surface area contributed by atoms with Gasteiger partial charge in [0.05, 0.1) is 11.4 Å². The van der Waals surface area contributed by atoms with E-state index in [1.165, 1.54) is 22.3 Å². The van der Waals surface area contributed by atoms with Gasteiger partial charge in [0, 0.05) is 23.0 Å². The predicted octanol–water partition coefficient (Wildman–Crippen LogP) is 5.72. The van der Waals surface area contributed by atoms with Crippen LogP contribution in [-0.4, -0.2) is 9.97 Å². The van der Waals surface area contributed by atoms with Crippen LogP contribution in [-0.2, 0) is 5.41 Å². The molecule has 3 aromatic rings. The molecule has 0 amide bonds. The Kier molecular flexibility index (Phi) is 4.23. The minimum Gasteiger partial charge on any atom is -0.256 e. The first kappa shape index (κ1) is 16.4. The fraction of sp³-hybridized carbons (Fsp3) is 0.273. The minimum atomic E-state index is 0.0653. The Balaban J connectivity index is 2.29. The van der Waals surface area contributed by atoms with Crippen molar-refractivity contribution in [3.05, 3.63) is 71.5 Å². The van der Waals surface area contributed by atoms with Crippen LogP contribution in [0.4, 0.5) is 0 Å². The van der Waals surface area contributed by atoms with Gasteiger partial charge >= 0.3 is 0 Å². The van der Waals surface area contributed by atoms with Crippen LogP contribution >= 0.6 is 0 Å². The van der Waals surface area contributed by atoms with E-state index in [9.17, 15) is 0 Å². The van der Waals surface area contributed by atoms with Gasteiger partial charge in [0.1, 0.15) is 0 Å². The fourth-order valence-corrected chi connectivity index (χ4v) is 2.89. The first-order valence-electron chi connectivity index (χ1n) is 8.37. The number of rotatable bonds is 2. The SMILES string of the molecule is Cc1cccc(-c2cc(C(C)(C)C)cc(-c3ccccn3)c2C)n1. The molecule has 0 atom stereocenters. The highest BCUT2D eigenvalue weighted by molar-refractivity contribution is 5.76. The van der Waals surface area contributed by atoms with Crippen LogP contribution in [0.1, 0.15) is 37.6 Å². The van der Waals surface area contributed by atoms with Crippen LogP contribution in [0.15, 0.2) is 54.7 Å². The van der Waals surface area contributed by atoms with Crippen molar-refractivity contribution in [1.29, 1.82) is 0 Å². The zero-order chi connectivity index (χ0) is 17.3. The maximum absolute atomic E-state index is 4.74. The summed E-state index contributed by atoms with van der Waals surface area (Å²) in [6.07, 6.45) is 1.85. The van der Waals surface area contributed by atoms with E-state index in [1.807, 2.05) is 31.3 Å². The molecule has 0 fully saturated rings. The van der Waals surface area contributed by atoms with Crippen molar-refractivity contribution in [3.63, 3.8) is 0 Å². The smallest absolute Gasteiger partial charge is 0.0708 e. The quantitative estimate of drug-likeness (QED) is 0.604. The lowest BCUT2D eigenvalue weighted by atomic mass is 9.82. The van der Waals surface area contributed by atoms with Crippen LogP contribution in [0.3, 0.4) is 0 Å². The molecule has 0 bridgehead atoms. The summed E-state index contributed by atoms with van der Waals surface area (Å²) in [6, 6.07) is 16.8. The fourth-order valence-electron chi connectivity index (χ4n) is 2.89. The maximum Gasteiger partial charge on any atom is 0.0708 e. The lowest BCUT2D eigenvalue weighted by Crippen LogP contribution is -2.12. The Bertz CT molecular complexity index is 859. The van der Waals surface area contributed by atoms with Gasteiger partial charge < -0.3 is 0 Å². The number of aromatic nitrogens is 2. The lowest BCUT2D eigenvalue weighted by molar-refractivity contribution is 0.590. The Morgan fingerprint density at radius 2 is 1.46 bits per heavy atom. The number of nitrogens with zero attached hydrogens (tertiary/aromatic N) is 2. The van der Waals surface area contributed by atoms with Gasteiger partial charge in [0.2, 0.25) is 0 Å².